The second kappa shape index (κ2) is 9.99. The standard InChI is InChI=1S/C17H30N2/c1-4-5-6-7-12-18-13-14-19(3)15-17-10-8-16(2)9-11-17/h8-11,18H,4-7,12-15H2,1-3H3. The highest BCUT2D eigenvalue weighted by molar-refractivity contribution is 5.21. The summed E-state index contributed by atoms with van der Waals surface area (Å²) in [6.07, 6.45) is 5.37. The monoisotopic (exact) mass is 262 g/mol. The van der Waals surface area contributed by atoms with Crippen molar-refractivity contribution in [2.45, 2.75) is 46.1 Å². The molecular weight excluding hydrogens is 232 g/mol. The van der Waals surface area contributed by atoms with Crippen LogP contribution in [0.1, 0.15) is 43.7 Å². The number of aryl methyl sites for hydroxylation is 1. The molecule has 0 unspecified atom stereocenters. The van der Waals surface area contributed by atoms with Gasteiger partial charge in [-0.25, -0.2) is 0 Å². The van der Waals surface area contributed by atoms with E-state index >= 15 is 0 Å². The number of nitrogens with zero attached hydrogens (tertiary/aromatic N) is 1. The molecule has 0 saturated heterocycles. The number of hydrogen-bond donors (Lipinski definition) is 1. The Kier molecular flexibility index (Phi) is 8.52. The summed E-state index contributed by atoms with van der Waals surface area (Å²) in [5, 5.41) is 3.53. The number of unbranched alkanes of at least 4 members (excludes halogenated alkanes) is 3. The first-order chi connectivity index (χ1) is 9.22. The van der Waals surface area contributed by atoms with Gasteiger partial charge >= 0.3 is 0 Å². The van der Waals surface area contributed by atoms with Crippen LogP contribution in [-0.4, -0.2) is 31.6 Å². The molecule has 0 amide bonds. The van der Waals surface area contributed by atoms with E-state index in [1.54, 1.807) is 0 Å². The van der Waals surface area contributed by atoms with Gasteiger partial charge in [-0.15, -0.1) is 0 Å². The van der Waals surface area contributed by atoms with Crippen LogP contribution in [0, 0.1) is 6.92 Å². The first-order valence-electron chi connectivity index (χ1n) is 7.67. The molecule has 0 aliphatic heterocycles. The first kappa shape index (κ1) is 16.2. The Morgan fingerprint density at radius 2 is 1.74 bits per heavy atom. The number of rotatable bonds is 10. The Morgan fingerprint density at radius 1 is 1.00 bits per heavy atom. The van der Waals surface area contributed by atoms with E-state index in [9.17, 15) is 0 Å². The van der Waals surface area contributed by atoms with Crippen molar-refractivity contribution >= 4 is 0 Å². The molecule has 108 valence electrons. The van der Waals surface area contributed by atoms with Crippen LogP contribution >= 0.6 is 0 Å². The predicted molar refractivity (Wildman–Crippen MR) is 84.5 cm³/mol. The summed E-state index contributed by atoms with van der Waals surface area (Å²) in [5.74, 6) is 0. The van der Waals surface area contributed by atoms with E-state index in [4.69, 9.17) is 0 Å². The molecule has 0 atom stereocenters. The maximum Gasteiger partial charge on any atom is 0.0231 e. The lowest BCUT2D eigenvalue weighted by molar-refractivity contribution is 0.324. The summed E-state index contributed by atoms with van der Waals surface area (Å²) >= 11 is 0. The van der Waals surface area contributed by atoms with E-state index in [0.717, 1.165) is 19.6 Å². The van der Waals surface area contributed by atoms with Crippen LogP contribution in [0.4, 0.5) is 0 Å². The second-order valence-electron chi connectivity index (χ2n) is 5.53. The maximum absolute atomic E-state index is 3.53. The fraction of sp³-hybridized carbons (Fsp3) is 0.647. The highest BCUT2D eigenvalue weighted by Crippen LogP contribution is 2.05. The van der Waals surface area contributed by atoms with Crippen LogP contribution in [0.2, 0.25) is 0 Å². The molecule has 1 aromatic carbocycles. The van der Waals surface area contributed by atoms with Gasteiger partial charge < -0.3 is 10.2 Å². The van der Waals surface area contributed by atoms with Gasteiger partial charge in [-0.2, -0.15) is 0 Å². The third kappa shape index (κ3) is 8.02. The third-order valence-electron chi connectivity index (χ3n) is 3.45. The molecule has 19 heavy (non-hydrogen) atoms. The van der Waals surface area contributed by atoms with Crippen molar-refractivity contribution in [1.29, 1.82) is 0 Å². The van der Waals surface area contributed by atoms with E-state index in [2.05, 4.69) is 55.4 Å². The van der Waals surface area contributed by atoms with Crippen LogP contribution in [0.5, 0.6) is 0 Å². The van der Waals surface area contributed by atoms with E-state index < -0.39 is 0 Å². The molecule has 2 heteroatoms. The van der Waals surface area contributed by atoms with Crippen LogP contribution in [0.15, 0.2) is 24.3 Å². The van der Waals surface area contributed by atoms with Gasteiger partial charge in [0.25, 0.3) is 0 Å². The van der Waals surface area contributed by atoms with Crippen LogP contribution in [0.25, 0.3) is 0 Å². The van der Waals surface area contributed by atoms with Crippen LogP contribution < -0.4 is 5.32 Å². The van der Waals surface area contributed by atoms with E-state index in [1.807, 2.05) is 0 Å². The molecule has 0 radical (unpaired) electrons. The van der Waals surface area contributed by atoms with Crippen molar-refractivity contribution in [3.05, 3.63) is 35.4 Å². The van der Waals surface area contributed by atoms with Gasteiger partial charge in [0.15, 0.2) is 0 Å². The normalized spacial score (nSPS) is 11.2. The highest BCUT2D eigenvalue weighted by atomic mass is 15.1. The van der Waals surface area contributed by atoms with Crippen molar-refractivity contribution in [1.82, 2.24) is 10.2 Å². The lowest BCUT2D eigenvalue weighted by atomic mass is 10.1. The molecule has 0 aromatic heterocycles. The van der Waals surface area contributed by atoms with Gasteiger partial charge in [0.1, 0.15) is 0 Å². The minimum absolute atomic E-state index is 1.04. The van der Waals surface area contributed by atoms with Crippen molar-refractivity contribution < 1.29 is 0 Å². The summed E-state index contributed by atoms with van der Waals surface area (Å²) in [5.41, 5.74) is 2.73. The first-order valence-corrected chi connectivity index (χ1v) is 7.67. The zero-order valence-corrected chi connectivity index (χ0v) is 12.9. The second-order valence-corrected chi connectivity index (χ2v) is 5.53. The van der Waals surface area contributed by atoms with Crippen molar-refractivity contribution in [3.8, 4) is 0 Å². The van der Waals surface area contributed by atoms with Gasteiger partial charge in [-0.05, 0) is 32.5 Å². The zero-order chi connectivity index (χ0) is 13.9. The molecule has 0 fully saturated rings. The molecule has 1 N–H and O–H groups in total. The molecule has 1 aromatic rings. The molecule has 0 saturated carbocycles. The predicted octanol–water partition coefficient (Wildman–Crippen LogP) is 3.60. The van der Waals surface area contributed by atoms with E-state index in [1.165, 1.54) is 43.4 Å². The zero-order valence-electron chi connectivity index (χ0n) is 12.9. The minimum atomic E-state index is 1.04. The fourth-order valence-electron chi connectivity index (χ4n) is 2.16. The van der Waals surface area contributed by atoms with Gasteiger partial charge in [-0.1, -0.05) is 56.0 Å². The van der Waals surface area contributed by atoms with E-state index in [-0.39, 0.29) is 0 Å². The topological polar surface area (TPSA) is 15.3 Å². The highest BCUT2D eigenvalue weighted by Gasteiger charge is 1.99. The SMILES string of the molecule is CCCCCCNCCN(C)Cc1ccc(C)cc1. The fourth-order valence-corrected chi connectivity index (χ4v) is 2.16. The minimum Gasteiger partial charge on any atom is -0.315 e. The average molecular weight is 262 g/mol. The molecular formula is C17H30N2. The molecule has 0 bridgehead atoms. The van der Waals surface area contributed by atoms with Crippen molar-refractivity contribution in [3.63, 3.8) is 0 Å². The largest absolute Gasteiger partial charge is 0.315 e. The number of likely N-dealkylation sites (N-methyl/N-ethyl adjacent to an activating group) is 1. The quantitative estimate of drug-likeness (QED) is 0.648. The molecule has 0 spiro atoms. The number of hydrogen-bond acceptors (Lipinski definition) is 2. The number of benzene rings is 1. The smallest absolute Gasteiger partial charge is 0.0231 e. The Hall–Kier alpha value is -0.860. The van der Waals surface area contributed by atoms with Crippen molar-refractivity contribution in [2.75, 3.05) is 26.7 Å². The Morgan fingerprint density at radius 3 is 2.42 bits per heavy atom. The summed E-state index contributed by atoms with van der Waals surface area (Å²) in [7, 11) is 2.19. The van der Waals surface area contributed by atoms with Crippen LogP contribution in [-0.2, 0) is 6.54 Å². The summed E-state index contributed by atoms with van der Waals surface area (Å²) < 4.78 is 0. The Labute approximate surface area is 119 Å². The average Bonchev–Trinajstić information content (AvgIpc) is 2.40. The molecule has 1 rings (SSSR count). The molecule has 0 heterocycles. The lowest BCUT2D eigenvalue weighted by Crippen LogP contribution is -2.29. The summed E-state index contributed by atoms with van der Waals surface area (Å²) in [6.45, 7) is 8.80. The molecule has 2 nitrogen and oxygen atoms in total. The molecule has 0 aliphatic carbocycles. The van der Waals surface area contributed by atoms with Crippen molar-refractivity contribution in [2.24, 2.45) is 0 Å². The Bertz CT molecular complexity index is 319. The van der Waals surface area contributed by atoms with Crippen LogP contribution in [0.3, 0.4) is 0 Å². The third-order valence-corrected chi connectivity index (χ3v) is 3.45. The summed E-state index contributed by atoms with van der Waals surface area (Å²) in [4.78, 5) is 2.38. The lowest BCUT2D eigenvalue weighted by Gasteiger charge is -2.17. The van der Waals surface area contributed by atoms with Gasteiger partial charge in [0.2, 0.25) is 0 Å². The van der Waals surface area contributed by atoms with Gasteiger partial charge in [0, 0.05) is 19.6 Å². The van der Waals surface area contributed by atoms with E-state index in [0.29, 0.717) is 0 Å². The maximum atomic E-state index is 3.53. The Balaban J connectivity index is 2.04. The molecule has 0 aliphatic rings. The summed E-state index contributed by atoms with van der Waals surface area (Å²) in [6, 6.07) is 8.83. The van der Waals surface area contributed by atoms with Gasteiger partial charge in [-0.3, -0.25) is 0 Å². The van der Waals surface area contributed by atoms with Gasteiger partial charge in [0.05, 0.1) is 0 Å². The number of nitrogens with one attached hydrogen (secondary N) is 1.